The number of nitrogens with zero attached hydrogens (tertiary/aromatic N) is 5. The Balaban J connectivity index is 1.88. The first-order valence-electron chi connectivity index (χ1n) is 9.46. The lowest BCUT2D eigenvalue weighted by Crippen LogP contribution is -2.61. The minimum Gasteiger partial charge on any atom is -0.496 e. The average molecular weight is 463 g/mol. The van der Waals surface area contributed by atoms with Gasteiger partial charge in [0.05, 0.1) is 12.7 Å². The van der Waals surface area contributed by atoms with Crippen molar-refractivity contribution in [1.82, 2.24) is 25.0 Å². The second kappa shape index (κ2) is 7.33. The summed E-state index contributed by atoms with van der Waals surface area (Å²) in [4.78, 5) is 28.6. The fourth-order valence-corrected chi connectivity index (χ4v) is 4.23. The molecule has 9 nitrogen and oxygen atoms in total. The van der Waals surface area contributed by atoms with E-state index in [1.165, 1.54) is 4.90 Å². The SMILES string of the molecule is COc1ccc(Br)cc1-c1nnc2n1C1C(C(=O)NC(=O)N1C)N2CCC(C)C. The number of nitrogens with one attached hydrogen (secondary N) is 1. The Labute approximate surface area is 177 Å². The Morgan fingerprint density at radius 3 is 2.72 bits per heavy atom. The molecule has 1 aromatic heterocycles. The molecule has 0 radical (unpaired) electrons. The maximum atomic E-state index is 12.8. The molecular formula is C19H23BrN6O3. The standard InChI is InChI=1S/C19H23BrN6O3/c1-10(2)7-8-25-14-16(27)21-19(28)24(3)17(14)26-15(22-23-18(25)26)12-9-11(20)5-6-13(12)29-4/h5-6,9-10,14,17H,7-8H2,1-4H3,(H,21,27,28). The zero-order valence-electron chi connectivity index (χ0n) is 16.7. The van der Waals surface area contributed by atoms with Gasteiger partial charge in [0.15, 0.2) is 11.9 Å². The zero-order chi connectivity index (χ0) is 20.9. The van der Waals surface area contributed by atoms with E-state index in [1.54, 1.807) is 14.2 Å². The van der Waals surface area contributed by atoms with E-state index in [1.807, 2.05) is 27.7 Å². The predicted octanol–water partition coefficient (Wildman–Crippen LogP) is 2.63. The molecule has 0 saturated carbocycles. The summed E-state index contributed by atoms with van der Waals surface area (Å²) in [5, 5.41) is 11.3. The van der Waals surface area contributed by atoms with Crippen LogP contribution in [0.1, 0.15) is 26.4 Å². The number of methoxy groups -OCH3 is 1. The highest BCUT2D eigenvalue weighted by Gasteiger charge is 2.52. The summed E-state index contributed by atoms with van der Waals surface area (Å²) in [6, 6.07) is 4.62. The number of hydrogen-bond acceptors (Lipinski definition) is 6. The van der Waals surface area contributed by atoms with E-state index in [2.05, 4.69) is 45.3 Å². The van der Waals surface area contributed by atoms with Gasteiger partial charge < -0.3 is 14.5 Å². The maximum Gasteiger partial charge on any atom is 0.325 e. The van der Waals surface area contributed by atoms with Crippen LogP contribution in [-0.4, -0.2) is 58.3 Å². The monoisotopic (exact) mass is 462 g/mol. The van der Waals surface area contributed by atoms with Crippen molar-refractivity contribution < 1.29 is 14.3 Å². The zero-order valence-corrected chi connectivity index (χ0v) is 18.3. The summed E-state index contributed by atoms with van der Waals surface area (Å²) in [7, 11) is 3.27. The van der Waals surface area contributed by atoms with Gasteiger partial charge >= 0.3 is 6.03 Å². The Kier molecular flexibility index (Phi) is 4.97. The molecule has 154 valence electrons. The van der Waals surface area contributed by atoms with Gasteiger partial charge in [0.2, 0.25) is 5.95 Å². The van der Waals surface area contributed by atoms with Gasteiger partial charge in [-0.15, -0.1) is 10.2 Å². The van der Waals surface area contributed by atoms with Crippen molar-refractivity contribution in [3.63, 3.8) is 0 Å². The highest BCUT2D eigenvalue weighted by atomic mass is 79.9. The topological polar surface area (TPSA) is 92.6 Å². The van der Waals surface area contributed by atoms with E-state index in [9.17, 15) is 9.59 Å². The number of rotatable bonds is 5. The van der Waals surface area contributed by atoms with Crippen molar-refractivity contribution in [1.29, 1.82) is 0 Å². The summed E-state index contributed by atoms with van der Waals surface area (Å²) in [6.07, 6.45) is 0.350. The fraction of sp³-hybridized carbons (Fsp3) is 0.474. The lowest BCUT2D eigenvalue weighted by atomic mass is 10.1. The molecule has 3 amide bonds. The Hall–Kier alpha value is -2.62. The molecule has 3 heterocycles. The Morgan fingerprint density at radius 2 is 2.03 bits per heavy atom. The van der Waals surface area contributed by atoms with E-state index in [0.717, 1.165) is 16.5 Å². The van der Waals surface area contributed by atoms with Crippen LogP contribution in [0.15, 0.2) is 22.7 Å². The number of ether oxygens (including phenoxy) is 1. The molecule has 0 aliphatic carbocycles. The number of carbonyl (C=O) groups is 2. The Bertz CT molecular complexity index is 975. The highest BCUT2D eigenvalue weighted by Crippen LogP contribution is 2.43. The average Bonchev–Trinajstić information content (AvgIpc) is 3.23. The van der Waals surface area contributed by atoms with Gasteiger partial charge in [0.25, 0.3) is 5.91 Å². The summed E-state index contributed by atoms with van der Waals surface area (Å²) in [6.45, 7) is 4.90. The first kappa shape index (κ1) is 19.7. The number of likely N-dealkylation sites (N-methyl/N-ethyl adjacent to an activating group) is 1. The van der Waals surface area contributed by atoms with Gasteiger partial charge in [-0.05, 0) is 30.5 Å². The lowest BCUT2D eigenvalue weighted by Gasteiger charge is -2.37. The van der Waals surface area contributed by atoms with Crippen molar-refractivity contribution in [3.05, 3.63) is 22.7 Å². The summed E-state index contributed by atoms with van der Waals surface area (Å²) < 4.78 is 8.25. The number of benzene rings is 1. The normalized spacial score (nSPS) is 20.8. The maximum absolute atomic E-state index is 12.8. The van der Waals surface area contributed by atoms with E-state index in [0.29, 0.717) is 30.0 Å². The van der Waals surface area contributed by atoms with Crippen molar-refractivity contribution in [2.24, 2.45) is 5.92 Å². The fourth-order valence-electron chi connectivity index (χ4n) is 3.87. The van der Waals surface area contributed by atoms with Crippen LogP contribution in [0, 0.1) is 5.92 Å². The molecule has 29 heavy (non-hydrogen) atoms. The molecule has 10 heteroatoms. The number of carbonyl (C=O) groups excluding carboxylic acids is 2. The van der Waals surface area contributed by atoms with Crippen LogP contribution in [0.3, 0.4) is 0 Å². The Morgan fingerprint density at radius 1 is 1.28 bits per heavy atom. The molecule has 4 rings (SSSR count). The second-order valence-electron chi connectivity index (χ2n) is 7.68. The number of anilines is 1. The number of fused-ring (bicyclic) bond motifs is 3. The molecule has 0 spiro atoms. The van der Waals surface area contributed by atoms with E-state index in [4.69, 9.17) is 4.74 Å². The molecule has 2 aromatic rings. The van der Waals surface area contributed by atoms with Crippen LogP contribution in [0.4, 0.5) is 10.7 Å². The van der Waals surface area contributed by atoms with Gasteiger partial charge in [0.1, 0.15) is 11.9 Å². The first-order valence-corrected chi connectivity index (χ1v) is 10.3. The molecule has 2 aliphatic heterocycles. The number of amides is 3. The van der Waals surface area contributed by atoms with Crippen LogP contribution >= 0.6 is 15.9 Å². The van der Waals surface area contributed by atoms with E-state index < -0.39 is 18.2 Å². The minimum absolute atomic E-state index is 0.320. The molecule has 1 saturated heterocycles. The molecule has 0 bridgehead atoms. The molecule has 1 N–H and O–H groups in total. The quantitative estimate of drug-likeness (QED) is 0.733. The molecule has 2 aliphatic rings. The van der Waals surface area contributed by atoms with Gasteiger partial charge in [-0.25, -0.2) is 4.79 Å². The minimum atomic E-state index is -0.557. The van der Waals surface area contributed by atoms with Crippen LogP contribution in [0.2, 0.25) is 0 Å². The van der Waals surface area contributed by atoms with E-state index >= 15 is 0 Å². The number of hydrogen-bond donors (Lipinski definition) is 1. The smallest absolute Gasteiger partial charge is 0.325 e. The summed E-state index contributed by atoms with van der Waals surface area (Å²) in [5.41, 5.74) is 0.733. The van der Waals surface area contributed by atoms with Crippen molar-refractivity contribution in [2.75, 3.05) is 25.6 Å². The summed E-state index contributed by atoms with van der Waals surface area (Å²) >= 11 is 3.49. The van der Waals surface area contributed by atoms with E-state index in [-0.39, 0.29) is 5.91 Å². The molecule has 1 fully saturated rings. The van der Waals surface area contributed by atoms with Crippen LogP contribution in [0.5, 0.6) is 5.75 Å². The third kappa shape index (κ3) is 3.15. The number of halogens is 1. The third-order valence-corrected chi connectivity index (χ3v) is 5.88. The third-order valence-electron chi connectivity index (χ3n) is 5.38. The second-order valence-corrected chi connectivity index (χ2v) is 8.59. The number of imide groups is 1. The molecule has 1 aromatic carbocycles. The van der Waals surface area contributed by atoms with Crippen LogP contribution in [-0.2, 0) is 4.79 Å². The summed E-state index contributed by atoms with van der Waals surface area (Å²) in [5.74, 6) is 1.90. The van der Waals surface area contributed by atoms with Gasteiger partial charge in [0, 0.05) is 18.1 Å². The van der Waals surface area contributed by atoms with Crippen molar-refractivity contribution >= 4 is 33.8 Å². The first-order chi connectivity index (χ1) is 13.8. The molecule has 2 atom stereocenters. The molecule has 2 unspecified atom stereocenters. The van der Waals surface area contributed by atoms with Crippen LogP contribution < -0.4 is 15.0 Å². The number of urea groups is 1. The van der Waals surface area contributed by atoms with Crippen molar-refractivity contribution in [3.8, 4) is 17.1 Å². The largest absolute Gasteiger partial charge is 0.496 e. The van der Waals surface area contributed by atoms with Crippen LogP contribution in [0.25, 0.3) is 11.4 Å². The highest BCUT2D eigenvalue weighted by molar-refractivity contribution is 9.10. The predicted molar refractivity (Wildman–Crippen MR) is 111 cm³/mol. The van der Waals surface area contributed by atoms with Gasteiger partial charge in [-0.2, -0.15) is 0 Å². The molecular weight excluding hydrogens is 440 g/mol. The number of aromatic nitrogens is 3. The van der Waals surface area contributed by atoms with Crippen molar-refractivity contribution in [2.45, 2.75) is 32.5 Å². The van der Waals surface area contributed by atoms with Gasteiger partial charge in [-0.1, -0.05) is 29.8 Å². The van der Waals surface area contributed by atoms with Gasteiger partial charge in [-0.3, -0.25) is 14.7 Å². The lowest BCUT2D eigenvalue weighted by molar-refractivity contribution is -0.124.